The molecule has 2 rings (SSSR count). The van der Waals surface area contributed by atoms with E-state index in [1.807, 2.05) is 0 Å². The van der Waals surface area contributed by atoms with Crippen molar-refractivity contribution >= 4 is 28.9 Å². The highest BCUT2D eigenvalue weighted by Gasteiger charge is 2.51. The van der Waals surface area contributed by atoms with Crippen molar-refractivity contribution in [3.8, 4) is 0 Å². The largest absolute Gasteiger partial charge is 0.478 e. The first kappa shape index (κ1) is 9.07. The Hall–Kier alpha value is -1.50. The Labute approximate surface area is 82.5 Å². The van der Waals surface area contributed by atoms with Crippen LogP contribution in [0.5, 0.6) is 0 Å². The van der Waals surface area contributed by atoms with Crippen molar-refractivity contribution < 1.29 is 19.8 Å². The molecule has 0 unspecified atom stereocenters. The molecule has 74 valence electrons. The van der Waals surface area contributed by atoms with Gasteiger partial charge in [-0.15, -0.1) is 0 Å². The Balaban J connectivity index is 2.40. The zero-order chi connectivity index (χ0) is 10.5. The topological polar surface area (TPSA) is 113 Å². The van der Waals surface area contributed by atoms with Gasteiger partial charge in [0, 0.05) is 0 Å². The number of aliphatic carboxylic acids is 2. The highest BCUT2D eigenvalue weighted by atomic mass is 32.2. The van der Waals surface area contributed by atoms with E-state index in [0.29, 0.717) is 0 Å². The van der Waals surface area contributed by atoms with Crippen LogP contribution in [0.15, 0.2) is 16.1 Å². The van der Waals surface area contributed by atoms with Crippen LogP contribution in [0.25, 0.3) is 0 Å². The number of carboxylic acid groups (broad SMARTS) is 2. The summed E-state index contributed by atoms with van der Waals surface area (Å²) in [7, 11) is 0. The normalized spacial score (nSPS) is 29.3. The van der Waals surface area contributed by atoms with Crippen LogP contribution < -0.4 is 5.73 Å². The van der Waals surface area contributed by atoms with Gasteiger partial charge in [0.15, 0.2) is 5.17 Å². The van der Waals surface area contributed by atoms with Gasteiger partial charge in [0.2, 0.25) is 0 Å². The molecule has 4 N–H and O–H groups in total. The Morgan fingerprint density at radius 3 is 2.36 bits per heavy atom. The van der Waals surface area contributed by atoms with E-state index in [1.165, 1.54) is 0 Å². The van der Waals surface area contributed by atoms with Crippen molar-refractivity contribution in [2.75, 3.05) is 0 Å². The second kappa shape index (κ2) is 2.74. The monoisotopic (exact) mass is 214 g/mol. The summed E-state index contributed by atoms with van der Waals surface area (Å²) >= 11 is 1.10. The third-order valence-electron chi connectivity index (χ3n) is 2.13. The quantitative estimate of drug-likeness (QED) is 0.558. The molecule has 2 atom stereocenters. The third kappa shape index (κ3) is 1.02. The average molecular weight is 214 g/mol. The van der Waals surface area contributed by atoms with Crippen LogP contribution >= 0.6 is 11.8 Å². The number of hydrogen-bond acceptors (Lipinski definition) is 5. The molecule has 0 amide bonds. The number of nitrogens with zero attached hydrogens (tertiary/aromatic N) is 1. The summed E-state index contributed by atoms with van der Waals surface area (Å²) in [5.74, 6) is -2.44. The van der Waals surface area contributed by atoms with E-state index in [2.05, 4.69) is 4.99 Å². The van der Waals surface area contributed by atoms with Crippen LogP contribution in [0, 0.1) is 0 Å². The molecular weight excluding hydrogens is 208 g/mol. The number of fused-ring (bicyclic) bond motifs is 1. The smallest absolute Gasteiger partial charge is 0.334 e. The SMILES string of the molecule is NC1=N[C@H]2C(C(=O)O)=C(C(=O)O)[C@H]2S1. The second-order valence-corrected chi connectivity index (χ2v) is 4.05. The molecule has 0 bridgehead atoms. The molecule has 1 aliphatic carbocycles. The molecule has 0 saturated heterocycles. The van der Waals surface area contributed by atoms with Gasteiger partial charge < -0.3 is 15.9 Å². The van der Waals surface area contributed by atoms with Crippen LogP contribution in [0.4, 0.5) is 0 Å². The lowest BCUT2D eigenvalue weighted by Gasteiger charge is -2.29. The van der Waals surface area contributed by atoms with E-state index in [9.17, 15) is 9.59 Å². The fourth-order valence-electron chi connectivity index (χ4n) is 1.56. The molecule has 0 aromatic carbocycles. The summed E-state index contributed by atoms with van der Waals surface area (Å²) in [6, 6.07) is -0.580. The van der Waals surface area contributed by atoms with Gasteiger partial charge in [-0.05, 0) is 0 Å². The summed E-state index contributed by atoms with van der Waals surface area (Å²) in [6.45, 7) is 0. The Morgan fingerprint density at radius 2 is 1.86 bits per heavy atom. The maximum Gasteiger partial charge on any atom is 0.334 e. The van der Waals surface area contributed by atoms with E-state index in [1.54, 1.807) is 0 Å². The number of carbonyl (C=O) groups is 2. The number of carboxylic acids is 2. The van der Waals surface area contributed by atoms with Crippen LogP contribution in [-0.2, 0) is 9.59 Å². The minimum atomic E-state index is -1.23. The van der Waals surface area contributed by atoms with Gasteiger partial charge in [-0.3, -0.25) is 4.99 Å². The molecule has 0 radical (unpaired) electrons. The minimum Gasteiger partial charge on any atom is -0.478 e. The zero-order valence-corrected chi connectivity index (χ0v) is 7.61. The first-order chi connectivity index (χ1) is 6.52. The molecule has 0 spiro atoms. The molecule has 6 nitrogen and oxygen atoms in total. The van der Waals surface area contributed by atoms with Gasteiger partial charge in [-0.2, -0.15) is 0 Å². The Morgan fingerprint density at radius 1 is 1.29 bits per heavy atom. The van der Waals surface area contributed by atoms with Crippen LogP contribution in [0.3, 0.4) is 0 Å². The van der Waals surface area contributed by atoms with Crippen molar-refractivity contribution in [2.45, 2.75) is 11.3 Å². The summed E-state index contributed by atoms with van der Waals surface area (Å²) < 4.78 is 0. The Kier molecular flexibility index (Phi) is 1.78. The standard InChI is InChI=1S/C7H6N2O4S/c8-7-9-3-1(5(10)11)2(6(12)13)4(3)14-7/h3-4H,(H2,8,9)(H,10,11)(H,12,13)/t3-,4+/m0/s1. The van der Waals surface area contributed by atoms with E-state index >= 15 is 0 Å². The number of amidine groups is 1. The van der Waals surface area contributed by atoms with E-state index in [0.717, 1.165) is 11.8 Å². The minimum absolute atomic E-state index is 0.0864. The summed E-state index contributed by atoms with van der Waals surface area (Å²) in [4.78, 5) is 25.3. The number of hydrogen-bond donors (Lipinski definition) is 3. The fraction of sp³-hybridized carbons (Fsp3) is 0.286. The van der Waals surface area contributed by atoms with Gasteiger partial charge in [0.25, 0.3) is 0 Å². The van der Waals surface area contributed by atoms with Gasteiger partial charge >= 0.3 is 11.9 Å². The maximum atomic E-state index is 10.7. The van der Waals surface area contributed by atoms with Crippen LogP contribution in [-0.4, -0.2) is 38.6 Å². The molecule has 1 aliphatic heterocycles. The summed E-state index contributed by atoms with van der Waals surface area (Å²) in [5, 5.41) is 17.3. The van der Waals surface area contributed by atoms with Gasteiger partial charge in [-0.1, -0.05) is 11.8 Å². The van der Waals surface area contributed by atoms with E-state index in [4.69, 9.17) is 15.9 Å². The molecule has 14 heavy (non-hydrogen) atoms. The highest BCUT2D eigenvalue weighted by Crippen LogP contribution is 2.44. The van der Waals surface area contributed by atoms with Crippen molar-refractivity contribution in [2.24, 2.45) is 10.7 Å². The first-order valence-electron chi connectivity index (χ1n) is 3.73. The number of thioether (sulfide) groups is 1. The fourth-order valence-corrected chi connectivity index (χ4v) is 2.66. The van der Waals surface area contributed by atoms with Crippen molar-refractivity contribution in [1.29, 1.82) is 0 Å². The molecule has 0 fully saturated rings. The lowest BCUT2D eigenvalue weighted by molar-refractivity contribution is -0.137. The summed E-state index contributed by atoms with van der Waals surface area (Å²) in [6.07, 6.45) is 0. The molecule has 1 heterocycles. The Bertz CT molecular complexity index is 400. The van der Waals surface area contributed by atoms with Crippen molar-refractivity contribution in [1.82, 2.24) is 0 Å². The summed E-state index contributed by atoms with van der Waals surface area (Å²) in [5.41, 5.74) is 5.15. The third-order valence-corrected chi connectivity index (χ3v) is 3.23. The van der Waals surface area contributed by atoms with E-state index in [-0.39, 0.29) is 16.3 Å². The molecule has 7 heteroatoms. The molecule has 2 aliphatic rings. The van der Waals surface area contributed by atoms with Gasteiger partial charge in [0.1, 0.15) is 6.04 Å². The first-order valence-corrected chi connectivity index (χ1v) is 4.61. The number of aliphatic imine (C=N–C) groups is 1. The number of nitrogens with two attached hydrogens (primary N) is 1. The average Bonchev–Trinajstić information content (AvgIpc) is 2.30. The lowest BCUT2D eigenvalue weighted by Crippen LogP contribution is -2.41. The van der Waals surface area contributed by atoms with Gasteiger partial charge in [0.05, 0.1) is 16.4 Å². The zero-order valence-electron chi connectivity index (χ0n) is 6.80. The molecular formula is C7H6N2O4S. The van der Waals surface area contributed by atoms with Crippen LogP contribution in [0.2, 0.25) is 0 Å². The maximum absolute atomic E-state index is 10.7. The predicted octanol–water partition coefficient (Wildman–Crippen LogP) is -0.736. The van der Waals surface area contributed by atoms with E-state index < -0.39 is 23.2 Å². The number of rotatable bonds is 2. The second-order valence-electron chi connectivity index (χ2n) is 2.89. The predicted molar refractivity (Wildman–Crippen MR) is 49.1 cm³/mol. The van der Waals surface area contributed by atoms with Crippen LogP contribution in [0.1, 0.15) is 0 Å². The van der Waals surface area contributed by atoms with Crippen molar-refractivity contribution in [3.05, 3.63) is 11.1 Å². The molecule has 0 aromatic rings. The highest BCUT2D eigenvalue weighted by molar-refractivity contribution is 8.14. The molecule has 0 aromatic heterocycles. The lowest BCUT2D eigenvalue weighted by atomic mass is 9.83. The molecule has 0 saturated carbocycles. The van der Waals surface area contributed by atoms with Gasteiger partial charge in [-0.25, -0.2) is 9.59 Å². The van der Waals surface area contributed by atoms with Crippen molar-refractivity contribution in [3.63, 3.8) is 0 Å².